The van der Waals surface area contributed by atoms with E-state index < -0.39 is 0 Å². The minimum Gasteiger partial charge on any atom is -0.490 e. The first-order chi connectivity index (χ1) is 13.2. The van der Waals surface area contributed by atoms with Crippen LogP contribution in [0.4, 0.5) is 0 Å². The fourth-order valence-electron chi connectivity index (χ4n) is 2.61. The quantitative estimate of drug-likeness (QED) is 0.701. The maximum absolute atomic E-state index is 8.97. The molecule has 0 aliphatic rings. The van der Waals surface area contributed by atoms with E-state index in [-0.39, 0.29) is 6.04 Å². The minimum atomic E-state index is -0.171. The lowest BCUT2D eigenvalue weighted by atomic mass is 10.0. The molecule has 0 saturated heterocycles. The lowest BCUT2D eigenvalue weighted by Gasteiger charge is -2.13. The Morgan fingerprint density at radius 3 is 2.67 bits per heavy atom. The SMILES string of the molecule is N#Cc1cccc(C[C@H](N)COc2cncc(C=Cc3ccncc3)c2)c1. The van der Waals surface area contributed by atoms with Crippen LogP contribution in [0.15, 0.2) is 67.3 Å². The molecule has 0 radical (unpaired) electrons. The minimum absolute atomic E-state index is 0.171. The van der Waals surface area contributed by atoms with Crippen LogP contribution in [0.2, 0.25) is 0 Å². The van der Waals surface area contributed by atoms with Gasteiger partial charge in [0.1, 0.15) is 12.4 Å². The van der Waals surface area contributed by atoms with Crippen LogP contribution in [0.25, 0.3) is 12.2 Å². The van der Waals surface area contributed by atoms with Crippen LogP contribution in [0, 0.1) is 11.3 Å². The van der Waals surface area contributed by atoms with E-state index in [2.05, 4.69) is 16.0 Å². The highest BCUT2D eigenvalue weighted by atomic mass is 16.5. The molecule has 2 N–H and O–H groups in total. The number of rotatable bonds is 7. The standard InChI is InChI=1S/C22H20N4O/c23-13-19-3-1-2-18(10-19)11-21(24)16-27-22-12-20(14-26-15-22)5-4-17-6-8-25-9-7-17/h1-10,12,14-15,21H,11,16,24H2/t21-/m0/s1. The monoisotopic (exact) mass is 356 g/mol. The molecule has 0 aliphatic heterocycles. The zero-order chi connectivity index (χ0) is 18.9. The molecule has 5 nitrogen and oxygen atoms in total. The molecule has 3 rings (SSSR count). The molecule has 0 fully saturated rings. The maximum Gasteiger partial charge on any atom is 0.138 e. The van der Waals surface area contributed by atoms with E-state index in [4.69, 9.17) is 15.7 Å². The topological polar surface area (TPSA) is 84.8 Å². The Balaban J connectivity index is 1.56. The number of benzene rings is 1. The van der Waals surface area contributed by atoms with E-state index >= 15 is 0 Å². The van der Waals surface area contributed by atoms with Gasteiger partial charge in [0.05, 0.1) is 17.8 Å². The smallest absolute Gasteiger partial charge is 0.138 e. The van der Waals surface area contributed by atoms with Gasteiger partial charge in [0, 0.05) is 24.6 Å². The second-order valence-corrected chi connectivity index (χ2v) is 6.16. The van der Waals surface area contributed by atoms with Crippen molar-refractivity contribution in [2.24, 2.45) is 5.73 Å². The molecule has 2 heterocycles. The van der Waals surface area contributed by atoms with Gasteiger partial charge >= 0.3 is 0 Å². The predicted octanol–water partition coefficient (Wildman–Crippen LogP) is 3.47. The van der Waals surface area contributed by atoms with E-state index in [9.17, 15) is 0 Å². The van der Waals surface area contributed by atoms with Gasteiger partial charge in [-0.15, -0.1) is 0 Å². The van der Waals surface area contributed by atoms with Gasteiger partial charge in [-0.1, -0.05) is 24.3 Å². The molecule has 2 aromatic heterocycles. The van der Waals surface area contributed by atoms with E-state index in [1.165, 1.54) is 0 Å². The first-order valence-corrected chi connectivity index (χ1v) is 8.63. The van der Waals surface area contributed by atoms with Crippen LogP contribution in [0.5, 0.6) is 5.75 Å². The highest BCUT2D eigenvalue weighted by Gasteiger charge is 2.07. The van der Waals surface area contributed by atoms with Crippen molar-refractivity contribution in [1.82, 2.24) is 9.97 Å². The van der Waals surface area contributed by atoms with Crippen molar-refractivity contribution in [3.05, 3.63) is 89.5 Å². The lowest BCUT2D eigenvalue weighted by Crippen LogP contribution is -2.30. The number of hydrogen-bond acceptors (Lipinski definition) is 5. The number of ether oxygens (including phenoxy) is 1. The second-order valence-electron chi connectivity index (χ2n) is 6.16. The summed E-state index contributed by atoms with van der Waals surface area (Å²) in [5.41, 5.74) is 9.84. The molecule has 27 heavy (non-hydrogen) atoms. The van der Waals surface area contributed by atoms with Gasteiger partial charge in [0.15, 0.2) is 0 Å². The molecule has 0 aliphatic carbocycles. The van der Waals surface area contributed by atoms with Gasteiger partial charge in [-0.05, 0) is 53.4 Å². The fraction of sp³-hybridized carbons (Fsp3) is 0.136. The van der Waals surface area contributed by atoms with Crippen molar-refractivity contribution in [1.29, 1.82) is 5.26 Å². The van der Waals surface area contributed by atoms with Crippen LogP contribution in [-0.2, 0) is 6.42 Å². The van der Waals surface area contributed by atoms with Crippen LogP contribution < -0.4 is 10.5 Å². The Morgan fingerprint density at radius 2 is 1.85 bits per heavy atom. The third kappa shape index (κ3) is 5.77. The van der Waals surface area contributed by atoms with Crippen molar-refractivity contribution in [3.63, 3.8) is 0 Å². The Kier molecular flexibility index (Phi) is 6.29. The van der Waals surface area contributed by atoms with Gasteiger partial charge < -0.3 is 10.5 Å². The maximum atomic E-state index is 8.97. The molecule has 5 heteroatoms. The van der Waals surface area contributed by atoms with E-state index in [1.807, 2.05) is 48.6 Å². The summed E-state index contributed by atoms with van der Waals surface area (Å²) < 4.78 is 5.79. The number of pyridine rings is 2. The normalized spacial score (nSPS) is 11.9. The average Bonchev–Trinajstić information content (AvgIpc) is 2.72. The Hall–Kier alpha value is -3.49. The summed E-state index contributed by atoms with van der Waals surface area (Å²) in [6, 6.07) is 15.2. The number of nitrogens with two attached hydrogens (primary N) is 1. The van der Waals surface area contributed by atoms with Crippen LogP contribution in [-0.4, -0.2) is 22.6 Å². The molecular weight excluding hydrogens is 336 g/mol. The number of nitrogens with zero attached hydrogens (tertiary/aromatic N) is 3. The van der Waals surface area contributed by atoms with Crippen molar-refractivity contribution in [2.45, 2.75) is 12.5 Å². The second kappa shape index (κ2) is 9.27. The van der Waals surface area contributed by atoms with Crippen molar-refractivity contribution < 1.29 is 4.74 Å². The summed E-state index contributed by atoms with van der Waals surface area (Å²) >= 11 is 0. The van der Waals surface area contributed by atoms with Gasteiger partial charge in [-0.25, -0.2) is 0 Å². The summed E-state index contributed by atoms with van der Waals surface area (Å²) in [5.74, 6) is 0.674. The average molecular weight is 356 g/mol. The highest BCUT2D eigenvalue weighted by molar-refractivity contribution is 5.69. The Bertz CT molecular complexity index is 948. The van der Waals surface area contributed by atoms with Crippen LogP contribution in [0.3, 0.4) is 0 Å². The van der Waals surface area contributed by atoms with Gasteiger partial charge in [-0.3, -0.25) is 9.97 Å². The van der Waals surface area contributed by atoms with Gasteiger partial charge in [-0.2, -0.15) is 5.26 Å². The van der Waals surface area contributed by atoms with Crippen molar-refractivity contribution in [3.8, 4) is 11.8 Å². The molecule has 0 bridgehead atoms. The largest absolute Gasteiger partial charge is 0.490 e. The van der Waals surface area contributed by atoms with Crippen LogP contribution >= 0.6 is 0 Å². The molecule has 0 amide bonds. The molecular formula is C22H20N4O. The number of aromatic nitrogens is 2. The summed E-state index contributed by atoms with van der Waals surface area (Å²) in [7, 11) is 0. The Labute approximate surface area is 158 Å². The molecule has 0 unspecified atom stereocenters. The number of nitriles is 1. The van der Waals surface area contributed by atoms with Crippen LogP contribution in [0.1, 0.15) is 22.3 Å². The van der Waals surface area contributed by atoms with Crippen molar-refractivity contribution >= 4 is 12.2 Å². The zero-order valence-corrected chi connectivity index (χ0v) is 14.8. The van der Waals surface area contributed by atoms with Crippen molar-refractivity contribution in [2.75, 3.05) is 6.61 Å². The molecule has 134 valence electrons. The number of hydrogen-bond donors (Lipinski definition) is 1. The summed E-state index contributed by atoms with van der Waals surface area (Å²) in [4.78, 5) is 8.22. The van der Waals surface area contributed by atoms with Gasteiger partial charge in [0.25, 0.3) is 0 Å². The van der Waals surface area contributed by atoms with E-state index in [0.717, 1.165) is 16.7 Å². The summed E-state index contributed by atoms with van der Waals surface area (Å²) in [5, 5.41) is 8.97. The molecule has 0 saturated carbocycles. The lowest BCUT2D eigenvalue weighted by molar-refractivity contribution is 0.286. The summed E-state index contributed by atoms with van der Waals surface area (Å²) in [6.07, 6.45) is 11.6. The first-order valence-electron chi connectivity index (χ1n) is 8.63. The highest BCUT2D eigenvalue weighted by Crippen LogP contribution is 2.15. The molecule has 0 spiro atoms. The van der Waals surface area contributed by atoms with E-state index in [0.29, 0.717) is 24.3 Å². The Morgan fingerprint density at radius 1 is 1.04 bits per heavy atom. The fourth-order valence-corrected chi connectivity index (χ4v) is 2.61. The molecule has 1 atom stereocenters. The third-order valence-electron chi connectivity index (χ3n) is 3.93. The zero-order valence-electron chi connectivity index (χ0n) is 14.8. The predicted molar refractivity (Wildman–Crippen MR) is 106 cm³/mol. The molecule has 1 aromatic carbocycles. The van der Waals surface area contributed by atoms with Gasteiger partial charge in [0.2, 0.25) is 0 Å². The summed E-state index contributed by atoms with van der Waals surface area (Å²) in [6.45, 7) is 0.371. The third-order valence-corrected chi connectivity index (χ3v) is 3.93. The van der Waals surface area contributed by atoms with E-state index in [1.54, 1.807) is 30.9 Å². The molecule has 3 aromatic rings. The first kappa shape index (κ1) is 18.3.